The number of nitrogens with one attached hydrogen (secondary N) is 1. The molecule has 2 amide bonds. The molecule has 1 N–H and O–H groups in total. The van der Waals surface area contributed by atoms with Gasteiger partial charge in [0, 0.05) is 44.6 Å². The molecule has 1 atom stereocenters. The molecule has 0 saturated carbocycles. The van der Waals surface area contributed by atoms with E-state index in [9.17, 15) is 14.0 Å². The van der Waals surface area contributed by atoms with E-state index in [1.165, 1.54) is 18.3 Å². The first-order valence-corrected chi connectivity index (χ1v) is 12.7. The summed E-state index contributed by atoms with van der Waals surface area (Å²) in [4.78, 5) is 34.5. The Balaban J connectivity index is 1.36. The monoisotopic (exact) mass is 494 g/mol. The van der Waals surface area contributed by atoms with Crippen LogP contribution in [0.5, 0.6) is 0 Å². The number of morpholine rings is 1. The molecule has 0 aliphatic carbocycles. The number of pyridine rings is 1. The van der Waals surface area contributed by atoms with E-state index >= 15 is 0 Å². The van der Waals surface area contributed by atoms with E-state index in [1.54, 1.807) is 30.5 Å². The Hall–Kier alpha value is -3.10. The van der Waals surface area contributed by atoms with E-state index in [-0.39, 0.29) is 24.1 Å². The average Bonchev–Trinajstić information content (AvgIpc) is 2.93. The van der Waals surface area contributed by atoms with Gasteiger partial charge in [-0.25, -0.2) is 4.39 Å². The number of aryl methyl sites for hydroxylation is 1. The van der Waals surface area contributed by atoms with Gasteiger partial charge in [0.2, 0.25) is 5.91 Å². The van der Waals surface area contributed by atoms with Crippen LogP contribution in [0.25, 0.3) is 0 Å². The molecule has 0 bridgehead atoms. The first kappa shape index (κ1) is 26.0. The maximum atomic E-state index is 13.3. The van der Waals surface area contributed by atoms with Crippen molar-refractivity contribution in [3.8, 4) is 0 Å². The Kier molecular flexibility index (Phi) is 9.19. The largest absolute Gasteiger partial charge is 0.379 e. The van der Waals surface area contributed by atoms with Crippen molar-refractivity contribution in [1.82, 2.24) is 20.1 Å². The van der Waals surface area contributed by atoms with Crippen molar-refractivity contribution < 1.29 is 18.7 Å². The van der Waals surface area contributed by atoms with Gasteiger partial charge in [0.1, 0.15) is 5.82 Å². The van der Waals surface area contributed by atoms with Crippen LogP contribution in [0.2, 0.25) is 0 Å². The van der Waals surface area contributed by atoms with Crippen molar-refractivity contribution in [2.75, 3.05) is 39.4 Å². The number of carbonyl (C=O) groups excluding carboxylic acids is 2. The summed E-state index contributed by atoms with van der Waals surface area (Å²) in [6.45, 7) is 9.10. The molecule has 0 spiro atoms. The number of benzene rings is 1. The van der Waals surface area contributed by atoms with E-state index < -0.39 is 6.04 Å². The highest BCUT2D eigenvalue weighted by atomic mass is 19.1. The Bertz CT molecular complexity index is 1020. The molecular formula is C28H35FN4O3. The zero-order chi connectivity index (χ0) is 25.3. The fourth-order valence-electron chi connectivity index (χ4n) is 4.89. The van der Waals surface area contributed by atoms with Crippen LogP contribution in [-0.2, 0) is 16.0 Å². The predicted octanol–water partition coefficient (Wildman–Crippen LogP) is 3.22. The average molecular weight is 495 g/mol. The highest BCUT2D eigenvalue weighted by molar-refractivity contribution is 5.94. The molecule has 0 radical (unpaired) electrons. The van der Waals surface area contributed by atoms with Crippen molar-refractivity contribution in [1.29, 1.82) is 0 Å². The number of halogens is 1. The van der Waals surface area contributed by atoms with E-state index in [2.05, 4.69) is 21.8 Å². The van der Waals surface area contributed by atoms with Crippen LogP contribution < -0.4 is 5.32 Å². The Morgan fingerprint density at radius 1 is 1.11 bits per heavy atom. The molecule has 2 saturated heterocycles. The number of aromatic nitrogens is 1. The lowest BCUT2D eigenvalue weighted by atomic mass is 9.96. The quantitative estimate of drug-likeness (QED) is 0.542. The minimum atomic E-state index is -0.498. The Morgan fingerprint density at radius 3 is 2.50 bits per heavy atom. The lowest BCUT2D eigenvalue weighted by Gasteiger charge is -2.40. The molecule has 2 fully saturated rings. The summed E-state index contributed by atoms with van der Waals surface area (Å²) in [6, 6.07) is 9.75. The molecule has 2 aliphatic rings. The van der Waals surface area contributed by atoms with Gasteiger partial charge in [0.05, 0.1) is 31.2 Å². The van der Waals surface area contributed by atoms with Crippen LogP contribution in [0.3, 0.4) is 0 Å². The summed E-state index contributed by atoms with van der Waals surface area (Å²) in [5.74, 6) is -0.535. The summed E-state index contributed by atoms with van der Waals surface area (Å²) in [6.07, 6.45) is 6.41. The molecule has 4 rings (SSSR count). The lowest BCUT2D eigenvalue weighted by molar-refractivity contribution is -0.133. The van der Waals surface area contributed by atoms with Crippen LogP contribution in [0.4, 0.5) is 4.39 Å². The van der Waals surface area contributed by atoms with Gasteiger partial charge in [0.25, 0.3) is 5.91 Å². The second-order valence-corrected chi connectivity index (χ2v) is 9.52. The van der Waals surface area contributed by atoms with Crippen LogP contribution in [0.1, 0.15) is 41.6 Å². The van der Waals surface area contributed by atoms with Crippen molar-refractivity contribution in [2.45, 2.75) is 44.2 Å². The summed E-state index contributed by atoms with van der Waals surface area (Å²) in [7, 11) is 0. The van der Waals surface area contributed by atoms with Crippen molar-refractivity contribution in [2.24, 2.45) is 0 Å². The first-order chi connectivity index (χ1) is 17.5. The van der Waals surface area contributed by atoms with Gasteiger partial charge in [-0.2, -0.15) is 0 Å². The second-order valence-electron chi connectivity index (χ2n) is 9.52. The molecule has 3 heterocycles. The summed E-state index contributed by atoms with van der Waals surface area (Å²) in [5, 5.41) is 3.00. The molecule has 7 nitrogen and oxygen atoms in total. The highest BCUT2D eigenvalue weighted by Crippen LogP contribution is 2.21. The number of hydrogen-bond donors (Lipinski definition) is 1. The molecule has 1 aromatic heterocycles. The van der Waals surface area contributed by atoms with Gasteiger partial charge in [-0.15, -0.1) is 0 Å². The van der Waals surface area contributed by atoms with Gasteiger partial charge < -0.3 is 15.0 Å². The number of ether oxygens (including phenoxy) is 1. The van der Waals surface area contributed by atoms with Crippen LogP contribution in [0, 0.1) is 5.82 Å². The van der Waals surface area contributed by atoms with Gasteiger partial charge in [-0.1, -0.05) is 24.3 Å². The minimum Gasteiger partial charge on any atom is -0.379 e. The van der Waals surface area contributed by atoms with E-state index in [0.29, 0.717) is 37.5 Å². The third-order valence-electron chi connectivity index (χ3n) is 7.13. The fraction of sp³-hybridized carbons (Fsp3) is 0.464. The Labute approximate surface area is 212 Å². The molecule has 8 heteroatoms. The topological polar surface area (TPSA) is 74.8 Å². The zero-order valence-electron chi connectivity index (χ0n) is 20.7. The van der Waals surface area contributed by atoms with Gasteiger partial charge in [0.15, 0.2) is 0 Å². The smallest absolute Gasteiger partial charge is 0.253 e. The first-order valence-electron chi connectivity index (χ1n) is 12.7. The minimum absolute atomic E-state index is 0.0230. The SMILES string of the molecule is C=C(CCc1ccc(F)cc1)C(CC(=O)N1CCC(N2CCOCC2)CC1)NC(=O)c1cccnc1. The van der Waals surface area contributed by atoms with Gasteiger partial charge in [-0.05, 0) is 55.5 Å². The van der Waals surface area contributed by atoms with E-state index in [4.69, 9.17) is 4.74 Å². The number of hydrogen-bond acceptors (Lipinski definition) is 5. The van der Waals surface area contributed by atoms with Crippen molar-refractivity contribution in [3.05, 3.63) is 77.9 Å². The highest BCUT2D eigenvalue weighted by Gasteiger charge is 2.29. The molecular weight excluding hydrogens is 459 g/mol. The lowest BCUT2D eigenvalue weighted by Crippen LogP contribution is -2.51. The molecule has 2 aromatic rings. The zero-order valence-corrected chi connectivity index (χ0v) is 20.7. The molecule has 192 valence electrons. The van der Waals surface area contributed by atoms with Crippen LogP contribution in [-0.4, -0.2) is 78.1 Å². The number of piperidine rings is 1. The normalized spacial score (nSPS) is 18.0. The fourth-order valence-corrected chi connectivity index (χ4v) is 4.89. The van der Waals surface area contributed by atoms with Gasteiger partial charge >= 0.3 is 0 Å². The van der Waals surface area contributed by atoms with E-state index in [0.717, 1.165) is 50.3 Å². The van der Waals surface area contributed by atoms with Crippen LogP contribution >= 0.6 is 0 Å². The molecule has 1 aromatic carbocycles. The number of nitrogens with zero attached hydrogens (tertiary/aromatic N) is 3. The predicted molar refractivity (Wildman–Crippen MR) is 136 cm³/mol. The number of amides is 2. The third-order valence-corrected chi connectivity index (χ3v) is 7.13. The maximum absolute atomic E-state index is 13.3. The standard InChI is InChI=1S/C28H35FN4O3/c1-21(4-5-22-6-8-24(29)9-7-22)26(31-28(35)23-3-2-12-30-20-23)19-27(34)33-13-10-25(11-14-33)32-15-17-36-18-16-32/h2-3,6-9,12,20,25-26H,1,4-5,10-11,13-19H2,(H,31,35). The number of rotatable bonds is 9. The third kappa shape index (κ3) is 7.21. The molecule has 1 unspecified atom stereocenters. The van der Waals surface area contributed by atoms with Crippen molar-refractivity contribution >= 4 is 11.8 Å². The summed E-state index contributed by atoms with van der Waals surface area (Å²) < 4.78 is 18.7. The molecule has 36 heavy (non-hydrogen) atoms. The Morgan fingerprint density at radius 2 is 1.83 bits per heavy atom. The summed E-state index contributed by atoms with van der Waals surface area (Å²) >= 11 is 0. The van der Waals surface area contributed by atoms with Gasteiger partial charge in [-0.3, -0.25) is 19.5 Å². The molecule has 2 aliphatic heterocycles. The summed E-state index contributed by atoms with van der Waals surface area (Å²) in [5.41, 5.74) is 2.19. The number of carbonyl (C=O) groups is 2. The number of likely N-dealkylation sites (tertiary alicyclic amines) is 1. The van der Waals surface area contributed by atoms with E-state index in [1.807, 2.05) is 4.90 Å². The maximum Gasteiger partial charge on any atom is 0.253 e. The second kappa shape index (κ2) is 12.7. The van der Waals surface area contributed by atoms with Crippen LogP contribution in [0.15, 0.2) is 60.9 Å². The van der Waals surface area contributed by atoms with Crippen molar-refractivity contribution in [3.63, 3.8) is 0 Å².